The Morgan fingerprint density at radius 3 is 1.67 bits per heavy atom. The molecule has 0 bridgehead atoms. The summed E-state index contributed by atoms with van der Waals surface area (Å²) in [4.78, 5) is 2.40. The van der Waals surface area contributed by atoms with Gasteiger partial charge in [0.15, 0.2) is 0 Å². The van der Waals surface area contributed by atoms with Crippen molar-refractivity contribution in [3.63, 3.8) is 0 Å². The van der Waals surface area contributed by atoms with Gasteiger partial charge in [0.25, 0.3) is 0 Å². The van der Waals surface area contributed by atoms with Crippen LogP contribution in [0.5, 0.6) is 0 Å². The van der Waals surface area contributed by atoms with Crippen LogP contribution in [0.4, 0.5) is 17.1 Å². The fourth-order valence-electron chi connectivity index (χ4n) is 8.11. The standard InChI is InChI=1S/C52H36N2/c1-3-17-38(18-4-1)44-22-9-10-23-45(44)39-32-34-43(35-33-39)53(42-20-5-2-6-21-42)50-28-15-29-51-52(50)47-25-12-14-27-49(47)54(51)48-26-13-11-24-46(48)41-31-30-37-16-7-8-19-40(37)36-41/h1-36H. The lowest BCUT2D eigenvalue weighted by Crippen LogP contribution is -2.10. The molecule has 0 aliphatic heterocycles. The first-order valence-electron chi connectivity index (χ1n) is 18.5. The number of anilines is 3. The van der Waals surface area contributed by atoms with Crippen LogP contribution < -0.4 is 4.90 Å². The minimum Gasteiger partial charge on any atom is -0.310 e. The Hall–Kier alpha value is -7.16. The number of hydrogen-bond acceptors (Lipinski definition) is 1. The third-order valence-electron chi connectivity index (χ3n) is 10.6. The highest BCUT2D eigenvalue weighted by atomic mass is 15.1. The summed E-state index contributed by atoms with van der Waals surface area (Å²) < 4.78 is 2.45. The highest BCUT2D eigenvalue weighted by Gasteiger charge is 2.22. The maximum Gasteiger partial charge on any atom is 0.0562 e. The summed E-state index contributed by atoms with van der Waals surface area (Å²) in [7, 11) is 0. The molecule has 0 aliphatic rings. The molecule has 54 heavy (non-hydrogen) atoms. The lowest BCUT2D eigenvalue weighted by Gasteiger charge is -2.27. The van der Waals surface area contributed by atoms with Gasteiger partial charge in [0.1, 0.15) is 0 Å². The Bertz CT molecular complexity index is 2920. The highest BCUT2D eigenvalue weighted by Crippen LogP contribution is 2.45. The second-order valence-corrected chi connectivity index (χ2v) is 13.7. The van der Waals surface area contributed by atoms with Crippen molar-refractivity contribution in [1.29, 1.82) is 0 Å². The molecule has 1 aromatic heterocycles. The van der Waals surface area contributed by atoms with Gasteiger partial charge >= 0.3 is 0 Å². The van der Waals surface area contributed by atoms with Gasteiger partial charge in [-0.15, -0.1) is 0 Å². The Morgan fingerprint density at radius 1 is 0.333 bits per heavy atom. The van der Waals surface area contributed by atoms with E-state index in [1.165, 1.54) is 60.4 Å². The molecule has 0 amide bonds. The molecular weight excluding hydrogens is 653 g/mol. The monoisotopic (exact) mass is 688 g/mol. The Morgan fingerprint density at radius 2 is 0.889 bits per heavy atom. The fourth-order valence-corrected chi connectivity index (χ4v) is 8.11. The zero-order valence-corrected chi connectivity index (χ0v) is 29.7. The van der Waals surface area contributed by atoms with Gasteiger partial charge in [0.2, 0.25) is 0 Å². The van der Waals surface area contributed by atoms with Crippen LogP contribution in [0.15, 0.2) is 218 Å². The lowest BCUT2D eigenvalue weighted by atomic mass is 9.94. The Balaban J connectivity index is 1.16. The van der Waals surface area contributed by atoms with Crippen molar-refractivity contribution in [3.05, 3.63) is 218 Å². The molecule has 0 radical (unpaired) electrons. The fraction of sp³-hybridized carbons (Fsp3) is 0. The summed E-state index contributed by atoms with van der Waals surface area (Å²) in [5, 5.41) is 4.91. The van der Waals surface area contributed by atoms with Gasteiger partial charge in [-0.1, -0.05) is 164 Å². The maximum absolute atomic E-state index is 2.45. The van der Waals surface area contributed by atoms with Crippen molar-refractivity contribution < 1.29 is 0 Å². The second kappa shape index (κ2) is 13.4. The largest absolute Gasteiger partial charge is 0.310 e. The predicted octanol–water partition coefficient (Wildman–Crippen LogP) is 14.4. The van der Waals surface area contributed by atoms with E-state index in [-0.39, 0.29) is 0 Å². The van der Waals surface area contributed by atoms with E-state index in [2.05, 4.69) is 228 Å². The number of aromatic nitrogens is 1. The van der Waals surface area contributed by atoms with Crippen LogP contribution in [0.3, 0.4) is 0 Å². The van der Waals surface area contributed by atoms with Crippen LogP contribution in [0.2, 0.25) is 0 Å². The van der Waals surface area contributed by atoms with Crippen molar-refractivity contribution in [2.24, 2.45) is 0 Å². The van der Waals surface area contributed by atoms with Crippen molar-refractivity contribution >= 4 is 49.6 Å². The highest BCUT2D eigenvalue weighted by molar-refractivity contribution is 6.17. The smallest absolute Gasteiger partial charge is 0.0562 e. The average Bonchev–Trinajstić information content (AvgIpc) is 3.59. The molecule has 2 nitrogen and oxygen atoms in total. The molecule has 254 valence electrons. The van der Waals surface area contributed by atoms with Gasteiger partial charge in [0, 0.05) is 27.7 Å². The normalized spacial score (nSPS) is 11.3. The van der Waals surface area contributed by atoms with Crippen LogP contribution in [0.25, 0.3) is 71.6 Å². The summed E-state index contributed by atoms with van der Waals surface area (Å²) in [6.07, 6.45) is 0. The van der Waals surface area contributed by atoms with Crippen LogP contribution in [0, 0.1) is 0 Å². The summed E-state index contributed by atoms with van der Waals surface area (Å²) in [6.45, 7) is 0. The average molecular weight is 689 g/mol. The summed E-state index contributed by atoms with van der Waals surface area (Å²) in [6, 6.07) is 78.8. The second-order valence-electron chi connectivity index (χ2n) is 13.7. The quantitative estimate of drug-likeness (QED) is 0.162. The first-order valence-corrected chi connectivity index (χ1v) is 18.5. The molecule has 2 heteroatoms. The zero-order chi connectivity index (χ0) is 35.8. The Kier molecular flexibility index (Phi) is 7.85. The molecule has 1 heterocycles. The molecule has 9 aromatic carbocycles. The molecule has 10 rings (SSSR count). The van der Waals surface area contributed by atoms with Crippen LogP contribution >= 0.6 is 0 Å². The molecule has 0 saturated heterocycles. The van der Waals surface area contributed by atoms with Gasteiger partial charge < -0.3 is 9.47 Å². The summed E-state index contributed by atoms with van der Waals surface area (Å²) in [5.41, 5.74) is 14.1. The molecule has 0 fully saturated rings. The number of fused-ring (bicyclic) bond motifs is 4. The van der Waals surface area contributed by atoms with Gasteiger partial charge in [0.05, 0.1) is 22.4 Å². The van der Waals surface area contributed by atoms with Crippen molar-refractivity contribution in [2.45, 2.75) is 0 Å². The van der Waals surface area contributed by atoms with Gasteiger partial charge in [-0.3, -0.25) is 0 Å². The van der Waals surface area contributed by atoms with E-state index < -0.39 is 0 Å². The number of hydrogen-bond donors (Lipinski definition) is 0. The molecule has 0 atom stereocenters. The molecule has 0 N–H and O–H groups in total. The van der Waals surface area contributed by atoms with Gasteiger partial charge in [-0.2, -0.15) is 0 Å². The third-order valence-corrected chi connectivity index (χ3v) is 10.6. The van der Waals surface area contributed by atoms with Crippen molar-refractivity contribution in [1.82, 2.24) is 4.57 Å². The number of rotatable bonds is 7. The van der Waals surface area contributed by atoms with Crippen LogP contribution in [-0.2, 0) is 0 Å². The van der Waals surface area contributed by atoms with E-state index in [1.54, 1.807) is 0 Å². The zero-order valence-electron chi connectivity index (χ0n) is 29.7. The molecule has 0 spiro atoms. The van der Waals surface area contributed by atoms with Crippen LogP contribution in [-0.4, -0.2) is 4.57 Å². The van der Waals surface area contributed by atoms with Crippen LogP contribution in [0.1, 0.15) is 0 Å². The first kappa shape index (κ1) is 31.6. The molecule has 0 unspecified atom stereocenters. The van der Waals surface area contributed by atoms with E-state index in [0.717, 1.165) is 28.3 Å². The molecule has 10 aromatic rings. The summed E-state index contributed by atoms with van der Waals surface area (Å²) >= 11 is 0. The number of nitrogens with zero attached hydrogens (tertiary/aromatic N) is 2. The minimum atomic E-state index is 1.10. The first-order chi connectivity index (χ1) is 26.8. The number of para-hydroxylation sites is 3. The minimum absolute atomic E-state index is 1.10. The van der Waals surface area contributed by atoms with E-state index in [1.807, 2.05) is 0 Å². The number of benzene rings is 9. The SMILES string of the molecule is c1ccc(-c2ccccc2-c2ccc(N(c3ccccc3)c3cccc4c3c3ccccc3n4-c3ccccc3-c3ccc4ccccc4c3)cc2)cc1. The lowest BCUT2D eigenvalue weighted by molar-refractivity contribution is 1.18. The summed E-state index contributed by atoms with van der Waals surface area (Å²) in [5.74, 6) is 0. The predicted molar refractivity (Wildman–Crippen MR) is 229 cm³/mol. The van der Waals surface area contributed by atoms with Gasteiger partial charge in [-0.25, -0.2) is 0 Å². The third kappa shape index (κ3) is 5.44. The van der Waals surface area contributed by atoms with E-state index in [9.17, 15) is 0 Å². The molecule has 0 saturated carbocycles. The van der Waals surface area contributed by atoms with E-state index in [4.69, 9.17) is 0 Å². The van der Waals surface area contributed by atoms with Crippen molar-refractivity contribution in [3.8, 4) is 39.1 Å². The maximum atomic E-state index is 2.45. The Labute approximate surface area is 315 Å². The molecule has 0 aliphatic carbocycles. The molecular formula is C52H36N2. The van der Waals surface area contributed by atoms with Crippen molar-refractivity contribution in [2.75, 3.05) is 4.90 Å². The van der Waals surface area contributed by atoms with E-state index in [0.29, 0.717) is 0 Å². The van der Waals surface area contributed by atoms with Gasteiger partial charge in [-0.05, 0) is 93.2 Å². The van der Waals surface area contributed by atoms with E-state index >= 15 is 0 Å². The topological polar surface area (TPSA) is 8.17 Å².